The quantitative estimate of drug-likeness (QED) is 0.383. The van der Waals surface area contributed by atoms with Gasteiger partial charge in [-0.2, -0.15) is 8.42 Å². The number of benzene rings is 3. The zero-order chi connectivity index (χ0) is 25.5. The molecule has 0 spiro atoms. The standard InChI is InChI=1S/C28H29NO6S/c1-3-7-25-26(29-28(30)33-18-21-8-5-4-6-9-21)17-13-22-12-14-23(35-27(22)25)19-34-36(31,32)24-15-10-20(2)11-16-24/h3-11,13,15-17,23H,12,14,18-19H2,1-2H3,(H,29,30). The number of allylic oxidation sites excluding steroid dienone is 1. The largest absolute Gasteiger partial charge is 0.487 e. The third-order valence-corrected chi connectivity index (χ3v) is 7.10. The molecule has 0 radical (unpaired) electrons. The van der Waals surface area contributed by atoms with Crippen molar-refractivity contribution in [1.29, 1.82) is 0 Å². The van der Waals surface area contributed by atoms with Crippen molar-refractivity contribution in [3.63, 3.8) is 0 Å². The van der Waals surface area contributed by atoms with E-state index in [0.29, 0.717) is 29.8 Å². The molecule has 8 heteroatoms. The molecule has 1 atom stereocenters. The zero-order valence-electron chi connectivity index (χ0n) is 20.3. The Morgan fingerprint density at radius 3 is 2.56 bits per heavy atom. The fourth-order valence-corrected chi connectivity index (χ4v) is 4.83. The van der Waals surface area contributed by atoms with E-state index in [1.54, 1.807) is 12.1 Å². The number of fused-ring (bicyclic) bond motifs is 1. The monoisotopic (exact) mass is 507 g/mol. The molecule has 1 N–H and O–H groups in total. The van der Waals surface area contributed by atoms with Crippen LogP contribution in [-0.4, -0.2) is 27.2 Å². The first-order valence-corrected chi connectivity index (χ1v) is 13.2. The van der Waals surface area contributed by atoms with Crippen molar-refractivity contribution >= 4 is 28.0 Å². The molecule has 4 rings (SSSR count). The zero-order valence-corrected chi connectivity index (χ0v) is 21.1. The van der Waals surface area contributed by atoms with E-state index in [2.05, 4.69) is 5.32 Å². The first kappa shape index (κ1) is 25.5. The van der Waals surface area contributed by atoms with E-state index in [1.807, 2.05) is 68.5 Å². The molecule has 1 aliphatic rings. The fraction of sp³-hybridized carbons (Fsp3) is 0.250. The summed E-state index contributed by atoms with van der Waals surface area (Å²) in [5.74, 6) is 0.599. The second-order valence-corrected chi connectivity index (χ2v) is 10.1. The van der Waals surface area contributed by atoms with Gasteiger partial charge in [0.1, 0.15) is 25.1 Å². The van der Waals surface area contributed by atoms with Crippen LogP contribution in [0.1, 0.15) is 35.6 Å². The molecule has 1 aliphatic heterocycles. The average Bonchev–Trinajstić information content (AvgIpc) is 2.88. The Balaban J connectivity index is 1.45. The van der Waals surface area contributed by atoms with Crippen molar-refractivity contribution in [2.45, 2.75) is 44.3 Å². The molecule has 3 aromatic rings. The van der Waals surface area contributed by atoms with Gasteiger partial charge in [0.25, 0.3) is 10.1 Å². The predicted molar refractivity (Wildman–Crippen MR) is 138 cm³/mol. The summed E-state index contributed by atoms with van der Waals surface area (Å²) in [5, 5.41) is 2.79. The molecule has 188 valence electrons. The number of hydrogen-bond acceptors (Lipinski definition) is 6. The van der Waals surface area contributed by atoms with Crippen molar-refractivity contribution < 1.29 is 26.9 Å². The molecule has 1 amide bonds. The van der Waals surface area contributed by atoms with Crippen LogP contribution in [0.5, 0.6) is 5.75 Å². The highest BCUT2D eigenvalue weighted by Gasteiger charge is 2.26. The average molecular weight is 508 g/mol. The van der Waals surface area contributed by atoms with Crippen LogP contribution in [0.2, 0.25) is 0 Å². The summed E-state index contributed by atoms with van der Waals surface area (Å²) in [6, 6.07) is 19.7. The van der Waals surface area contributed by atoms with Crippen LogP contribution < -0.4 is 10.1 Å². The Bertz CT molecular complexity index is 1330. The van der Waals surface area contributed by atoms with E-state index in [9.17, 15) is 13.2 Å². The van der Waals surface area contributed by atoms with E-state index in [-0.39, 0.29) is 18.1 Å². The summed E-state index contributed by atoms with van der Waals surface area (Å²) < 4.78 is 42.0. The van der Waals surface area contributed by atoms with E-state index in [0.717, 1.165) is 16.7 Å². The predicted octanol–water partition coefficient (Wildman–Crippen LogP) is 5.88. The molecule has 0 saturated heterocycles. The van der Waals surface area contributed by atoms with Gasteiger partial charge in [0.2, 0.25) is 0 Å². The molecule has 7 nitrogen and oxygen atoms in total. The van der Waals surface area contributed by atoms with Crippen LogP contribution in [0.4, 0.5) is 10.5 Å². The number of hydrogen-bond donors (Lipinski definition) is 1. The molecule has 0 fully saturated rings. The van der Waals surface area contributed by atoms with Crippen molar-refractivity contribution in [2.24, 2.45) is 0 Å². The molecule has 0 saturated carbocycles. The number of aryl methyl sites for hydroxylation is 2. The Morgan fingerprint density at radius 2 is 1.83 bits per heavy atom. The summed E-state index contributed by atoms with van der Waals surface area (Å²) in [6.45, 7) is 3.80. The summed E-state index contributed by atoms with van der Waals surface area (Å²) >= 11 is 0. The second-order valence-electron chi connectivity index (χ2n) is 8.53. The van der Waals surface area contributed by atoms with Crippen LogP contribution >= 0.6 is 0 Å². The maximum atomic E-state index is 12.6. The minimum Gasteiger partial charge on any atom is -0.487 e. The lowest BCUT2D eigenvalue weighted by atomic mass is 9.97. The lowest BCUT2D eigenvalue weighted by Crippen LogP contribution is -2.29. The van der Waals surface area contributed by atoms with Crippen molar-refractivity contribution in [2.75, 3.05) is 11.9 Å². The molecule has 1 unspecified atom stereocenters. The summed E-state index contributed by atoms with van der Waals surface area (Å²) in [6.07, 6.45) is 3.96. The third kappa shape index (κ3) is 6.33. The van der Waals surface area contributed by atoms with Gasteiger partial charge in [-0.15, -0.1) is 0 Å². The smallest absolute Gasteiger partial charge is 0.411 e. The van der Waals surface area contributed by atoms with Gasteiger partial charge in [-0.3, -0.25) is 9.50 Å². The molecular weight excluding hydrogens is 478 g/mol. The van der Waals surface area contributed by atoms with Gasteiger partial charge >= 0.3 is 6.09 Å². The molecular formula is C28H29NO6S. The lowest BCUT2D eigenvalue weighted by Gasteiger charge is -2.28. The molecule has 1 heterocycles. The van der Waals surface area contributed by atoms with Gasteiger partial charge in [0.05, 0.1) is 10.6 Å². The van der Waals surface area contributed by atoms with Crippen LogP contribution in [-0.2, 0) is 32.1 Å². The molecule has 3 aromatic carbocycles. The van der Waals surface area contributed by atoms with Gasteiger partial charge in [-0.1, -0.05) is 66.2 Å². The maximum absolute atomic E-state index is 12.6. The number of anilines is 1. The van der Waals surface area contributed by atoms with Crippen LogP contribution in [0.15, 0.2) is 77.7 Å². The van der Waals surface area contributed by atoms with Gasteiger partial charge in [-0.25, -0.2) is 4.79 Å². The molecule has 0 aromatic heterocycles. The highest BCUT2D eigenvalue weighted by Crippen LogP contribution is 2.37. The van der Waals surface area contributed by atoms with Crippen LogP contribution in [0.25, 0.3) is 6.08 Å². The third-order valence-electron chi connectivity index (χ3n) is 5.80. The van der Waals surface area contributed by atoms with Crippen molar-refractivity contribution in [3.05, 3.63) is 95.1 Å². The van der Waals surface area contributed by atoms with Crippen LogP contribution in [0, 0.1) is 6.92 Å². The number of ether oxygens (including phenoxy) is 2. The number of amides is 1. The molecule has 0 aliphatic carbocycles. The minimum atomic E-state index is -3.89. The molecule has 0 bridgehead atoms. The SMILES string of the molecule is CC=Cc1c(NC(=O)OCc2ccccc2)ccc2c1OC(COS(=O)(=O)c1ccc(C)cc1)CC2. The van der Waals surface area contributed by atoms with Crippen molar-refractivity contribution in [3.8, 4) is 5.75 Å². The Morgan fingerprint density at radius 1 is 1.08 bits per heavy atom. The number of rotatable bonds is 8. The first-order valence-electron chi connectivity index (χ1n) is 11.7. The minimum absolute atomic E-state index is 0.109. The van der Waals surface area contributed by atoms with Gasteiger partial charge in [0.15, 0.2) is 0 Å². The Hall–Kier alpha value is -3.62. The first-order chi connectivity index (χ1) is 17.4. The maximum Gasteiger partial charge on any atom is 0.411 e. The number of nitrogens with one attached hydrogen (secondary N) is 1. The van der Waals surface area contributed by atoms with Crippen molar-refractivity contribution in [1.82, 2.24) is 0 Å². The summed E-state index contributed by atoms with van der Waals surface area (Å²) in [5.41, 5.74) is 4.06. The second kappa shape index (κ2) is 11.4. The normalized spacial score (nSPS) is 15.2. The van der Waals surface area contributed by atoms with Gasteiger partial charge < -0.3 is 9.47 Å². The van der Waals surface area contributed by atoms with E-state index in [4.69, 9.17) is 13.7 Å². The highest BCUT2D eigenvalue weighted by atomic mass is 32.2. The van der Waals surface area contributed by atoms with Crippen LogP contribution in [0.3, 0.4) is 0 Å². The van der Waals surface area contributed by atoms with Gasteiger partial charge in [-0.05, 0) is 56.0 Å². The van der Waals surface area contributed by atoms with E-state index >= 15 is 0 Å². The summed E-state index contributed by atoms with van der Waals surface area (Å²) in [7, 11) is -3.89. The Labute approximate surface area is 211 Å². The fourth-order valence-electron chi connectivity index (χ4n) is 3.89. The van der Waals surface area contributed by atoms with Gasteiger partial charge in [0, 0.05) is 5.56 Å². The lowest BCUT2D eigenvalue weighted by molar-refractivity contribution is 0.112. The topological polar surface area (TPSA) is 90.9 Å². The van der Waals surface area contributed by atoms with E-state index in [1.165, 1.54) is 12.1 Å². The Kier molecular flexibility index (Phi) is 8.07. The number of carbonyl (C=O) groups is 1. The molecule has 36 heavy (non-hydrogen) atoms. The van der Waals surface area contributed by atoms with E-state index < -0.39 is 22.3 Å². The number of carbonyl (C=O) groups excluding carboxylic acids is 1. The highest BCUT2D eigenvalue weighted by molar-refractivity contribution is 7.86. The summed E-state index contributed by atoms with van der Waals surface area (Å²) in [4.78, 5) is 12.6.